The molecule has 0 radical (unpaired) electrons. The lowest BCUT2D eigenvalue weighted by molar-refractivity contribution is -0.111. The molecule has 3 aliphatic heterocycles. The van der Waals surface area contributed by atoms with Crippen LogP contribution < -0.4 is 20.3 Å². The largest absolute Gasteiger partial charge is 0.494 e. The van der Waals surface area contributed by atoms with Crippen LogP contribution in [0.3, 0.4) is 0 Å². The predicted octanol–water partition coefficient (Wildman–Crippen LogP) is 4.14. The van der Waals surface area contributed by atoms with E-state index in [4.69, 9.17) is 14.5 Å². The van der Waals surface area contributed by atoms with Gasteiger partial charge in [-0.2, -0.15) is 0 Å². The first-order valence-electron chi connectivity index (χ1n) is 13.4. The van der Waals surface area contributed by atoms with Crippen molar-refractivity contribution < 1.29 is 18.7 Å². The molecule has 212 valence electrons. The van der Waals surface area contributed by atoms with E-state index in [1.54, 1.807) is 13.2 Å². The van der Waals surface area contributed by atoms with E-state index >= 15 is 4.39 Å². The Morgan fingerprint density at radius 3 is 2.78 bits per heavy atom. The van der Waals surface area contributed by atoms with Crippen LogP contribution in [0, 0.1) is 0 Å². The van der Waals surface area contributed by atoms with Crippen molar-refractivity contribution in [3.63, 3.8) is 0 Å². The van der Waals surface area contributed by atoms with Gasteiger partial charge < -0.3 is 34.5 Å². The van der Waals surface area contributed by atoms with Gasteiger partial charge in [-0.05, 0) is 37.9 Å². The third-order valence-corrected chi connectivity index (χ3v) is 7.58. The fourth-order valence-corrected chi connectivity index (χ4v) is 5.37. The number of aliphatic imine (C=N–C) groups is 2. The maximum Gasteiger partial charge on any atom is 0.255 e. The summed E-state index contributed by atoms with van der Waals surface area (Å²) >= 11 is 0. The maximum absolute atomic E-state index is 15.5. The van der Waals surface area contributed by atoms with Crippen LogP contribution in [0.1, 0.15) is 16.8 Å². The molecule has 1 amide bonds. The minimum Gasteiger partial charge on any atom is -0.494 e. The van der Waals surface area contributed by atoms with Gasteiger partial charge in [0, 0.05) is 54.8 Å². The van der Waals surface area contributed by atoms with Gasteiger partial charge in [0.2, 0.25) is 5.96 Å². The molecule has 3 aliphatic rings. The van der Waals surface area contributed by atoms with E-state index in [1.165, 1.54) is 0 Å². The second-order valence-corrected chi connectivity index (χ2v) is 10.5. The second-order valence-electron chi connectivity index (χ2n) is 10.5. The summed E-state index contributed by atoms with van der Waals surface area (Å²) in [6.45, 7) is 7.14. The number of fused-ring (bicyclic) bond motifs is 9. The molecule has 10 nitrogen and oxygen atoms in total. The zero-order valence-electron chi connectivity index (χ0n) is 23.5. The molecule has 41 heavy (non-hydrogen) atoms. The summed E-state index contributed by atoms with van der Waals surface area (Å²) in [6, 6.07) is 9.27. The molecule has 0 unspecified atom stereocenters. The average Bonchev–Trinajstić information content (AvgIpc) is 3.29. The van der Waals surface area contributed by atoms with Crippen molar-refractivity contribution in [2.75, 3.05) is 58.2 Å². The van der Waals surface area contributed by atoms with Gasteiger partial charge in [0.25, 0.3) is 5.91 Å². The van der Waals surface area contributed by atoms with Crippen molar-refractivity contribution in [1.82, 2.24) is 14.8 Å². The lowest BCUT2D eigenvalue weighted by Gasteiger charge is -2.26. The third kappa shape index (κ3) is 4.76. The molecule has 6 bridgehead atoms. The van der Waals surface area contributed by atoms with Crippen molar-refractivity contribution in [2.45, 2.75) is 13.2 Å². The summed E-state index contributed by atoms with van der Waals surface area (Å²) in [7, 11) is 7.52. The number of guanidine groups is 1. The number of hydrogen-bond donors (Lipinski definition) is 2. The Morgan fingerprint density at radius 1 is 1.17 bits per heavy atom. The molecule has 11 heteroatoms. The highest BCUT2D eigenvalue weighted by Gasteiger charge is 2.28. The Hall–Kier alpha value is -4.48. The molecular formula is C30H32FN7O3. The smallest absolute Gasteiger partial charge is 0.255 e. The predicted molar refractivity (Wildman–Crippen MR) is 161 cm³/mol. The van der Waals surface area contributed by atoms with E-state index in [-0.39, 0.29) is 23.1 Å². The third-order valence-electron chi connectivity index (χ3n) is 7.58. The van der Waals surface area contributed by atoms with Gasteiger partial charge in [0.05, 0.1) is 49.3 Å². The number of amides is 1. The molecule has 0 saturated heterocycles. The average molecular weight is 558 g/mol. The van der Waals surface area contributed by atoms with E-state index < -0.39 is 5.83 Å². The van der Waals surface area contributed by atoms with E-state index in [9.17, 15) is 4.79 Å². The van der Waals surface area contributed by atoms with Gasteiger partial charge in [0.15, 0.2) is 5.83 Å². The molecule has 0 fully saturated rings. The number of anilines is 2. The van der Waals surface area contributed by atoms with Crippen LogP contribution in [-0.4, -0.2) is 75.5 Å². The number of carbonyl (C=O) groups is 1. The minimum absolute atomic E-state index is 0.188. The van der Waals surface area contributed by atoms with E-state index in [2.05, 4.69) is 31.7 Å². The summed E-state index contributed by atoms with van der Waals surface area (Å²) in [5.41, 5.74) is 5.27. The summed E-state index contributed by atoms with van der Waals surface area (Å²) in [5, 5.41) is 6.95. The van der Waals surface area contributed by atoms with Gasteiger partial charge in [-0.3, -0.25) is 4.79 Å². The molecule has 2 aromatic carbocycles. The molecule has 4 heterocycles. The van der Waals surface area contributed by atoms with Crippen LogP contribution in [0.2, 0.25) is 0 Å². The summed E-state index contributed by atoms with van der Waals surface area (Å²) in [6.07, 6.45) is 1.16. The maximum atomic E-state index is 15.5. The summed E-state index contributed by atoms with van der Waals surface area (Å²) in [5.74, 6) is -0.218. The highest BCUT2D eigenvalue weighted by Crippen LogP contribution is 2.41. The molecule has 6 rings (SSSR count). The van der Waals surface area contributed by atoms with Crippen molar-refractivity contribution in [1.29, 1.82) is 0 Å². The zero-order valence-corrected chi connectivity index (χ0v) is 23.5. The highest BCUT2D eigenvalue weighted by molar-refractivity contribution is 6.26. The van der Waals surface area contributed by atoms with Crippen LogP contribution in [0.15, 0.2) is 52.7 Å². The van der Waals surface area contributed by atoms with Crippen LogP contribution in [0.4, 0.5) is 21.5 Å². The number of rotatable bonds is 5. The number of carbonyl (C=O) groups excluding carboxylic acids is 1. The molecule has 2 N–H and O–H groups in total. The first-order valence-corrected chi connectivity index (χ1v) is 13.4. The number of aromatic nitrogens is 1. The van der Waals surface area contributed by atoms with Gasteiger partial charge in [-0.1, -0.05) is 12.6 Å². The summed E-state index contributed by atoms with van der Waals surface area (Å²) in [4.78, 5) is 26.7. The van der Waals surface area contributed by atoms with Crippen molar-refractivity contribution in [3.05, 3.63) is 59.6 Å². The SMILES string of the molecule is C=C1C(=O)Nc2cc(c(OC)cc2N(C)CCN(C)C)N=C2N=CC(F)=C(N2)c2c3n(c4ccc1cc24)CCOC3. The topological polar surface area (TPSA) is 95.7 Å². The van der Waals surface area contributed by atoms with Crippen molar-refractivity contribution >= 4 is 57.3 Å². The Morgan fingerprint density at radius 2 is 2.00 bits per heavy atom. The minimum atomic E-state index is -0.524. The Labute approximate surface area is 237 Å². The normalized spacial score (nSPS) is 16.4. The molecule has 0 aliphatic carbocycles. The zero-order chi connectivity index (χ0) is 28.8. The molecular weight excluding hydrogens is 525 g/mol. The van der Waals surface area contributed by atoms with Gasteiger partial charge >= 0.3 is 0 Å². The van der Waals surface area contributed by atoms with E-state index in [0.29, 0.717) is 54.6 Å². The van der Waals surface area contributed by atoms with Gasteiger partial charge in [-0.25, -0.2) is 14.4 Å². The van der Waals surface area contributed by atoms with Crippen LogP contribution >= 0.6 is 0 Å². The summed E-state index contributed by atoms with van der Waals surface area (Å²) < 4.78 is 29.1. The van der Waals surface area contributed by atoms with E-state index in [1.807, 2.05) is 50.3 Å². The quantitative estimate of drug-likeness (QED) is 0.458. The fraction of sp³-hybridized carbons (Fsp3) is 0.300. The number of halogens is 1. The molecule has 0 atom stereocenters. The molecule has 0 saturated carbocycles. The number of likely N-dealkylation sites (N-methyl/N-ethyl adjacent to an activating group) is 2. The number of hydrogen-bond acceptors (Lipinski definition) is 8. The second kappa shape index (κ2) is 10.5. The van der Waals surface area contributed by atoms with Crippen molar-refractivity contribution in [2.24, 2.45) is 9.98 Å². The number of nitrogens with zero attached hydrogens (tertiary/aromatic N) is 5. The highest BCUT2D eigenvalue weighted by atomic mass is 19.1. The molecule has 0 spiro atoms. The number of allylic oxidation sites excluding steroid dienone is 1. The van der Waals surface area contributed by atoms with Crippen LogP contribution in [-0.2, 0) is 22.7 Å². The monoisotopic (exact) mass is 557 g/mol. The fourth-order valence-electron chi connectivity index (χ4n) is 5.37. The first kappa shape index (κ1) is 26.7. The van der Waals surface area contributed by atoms with Gasteiger partial charge in [0.1, 0.15) is 11.4 Å². The Balaban J connectivity index is 1.56. The first-order chi connectivity index (χ1) is 19.7. The lowest BCUT2D eigenvalue weighted by Crippen LogP contribution is -2.29. The number of nitrogens with one attached hydrogen (secondary N) is 2. The van der Waals surface area contributed by atoms with Crippen molar-refractivity contribution in [3.8, 4) is 5.75 Å². The Bertz CT molecular complexity index is 1680. The molecule has 3 aromatic rings. The van der Waals surface area contributed by atoms with Crippen LogP contribution in [0.5, 0.6) is 5.75 Å². The standard InChI is InChI=1S/C30H32FN7O3/c1-17-18-6-7-23-19(12-18)27(25-16-41-11-10-38(23)25)28-20(31)15-32-30(35-28)34-22-13-21(33-29(17)39)24(14-26(22)40-5)37(4)9-8-36(2)3/h6-7,12-15H,1,8-11,16H2,2-5H3,(H,33,39)(H,32,34,35). The Kier molecular flexibility index (Phi) is 6.84. The molecule has 1 aromatic heterocycles. The lowest BCUT2D eigenvalue weighted by atomic mass is 10.00. The van der Waals surface area contributed by atoms with Crippen LogP contribution in [0.25, 0.3) is 22.2 Å². The number of methoxy groups -OCH3 is 1. The number of ether oxygens (including phenoxy) is 2. The number of benzene rings is 2. The van der Waals surface area contributed by atoms with Gasteiger partial charge in [-0.15, -0.1) is 0 Å². The van der Waals surface area contributed by atoms with E-state index in [0.717, 1.165) is 35.0 Å².